The van der Waals surface area contributed by atoms with E-state index in [1.54, 1.807) is 7.11 Å². The Kier molecular flexibility index (Phi) is 14.0. The zero-order valence-corrected chi connectivity index (χ0v) is 14.0. The molecule has 0 N–H and O–H groups in total. The summed E-state index contributed by atoms with van der Waals surface area (Å²) in [6, 6.07) is 6.48. The van der Waals surface area contributed by atoms with E-state index in [1.165, 1.54) is 23.1 Å². The number of hydrogen-bond acceptors (Lipinski definition) is 1. The van der Waals surface area contributed by atoms with Crippen molar-refractivity contribution in [2.75, 3.05) is 7.11 Å². The number of benzene rings is 1. The molecule has 0 saturated carbocycles. The zero-order valence-electron chi connectivity index (χ0n) is 14.0. The fourth-order valence-electron chi connectivity index (χ4n) is 1.55. The first kappa shape index (κ1) is 20.1. The molecule has 0 unspecified atom stereocenters. The van der Waals surface area contributed by atoms with Crippen LogP contribution in [0.3, 0.4) is 0 Å². The van der Waals surface area contributed by atoms with Gasteiger partial charge in [-0.15, -0.1) is 6.58 Å². The smallest absolute Gasteiger partial charge is 0.122 e. The van der Waals surface area contributed by atoms with Gasteiger partial charge < -0.3 is 4.74 Å². The summed E-state index contributed by atoms with van der Waals surface area (Å²) in [6.07, 6.45) is 3.41. The third kappa shape index (κ3) is 10.4. The average Bonchev–Trinajstić information content (AvgIpc) is 2.40. The molecular formula is C18H32O. The molecule has 0 saturated heterocycles. The Hall–Kier alpha value is -1.24. The number of ether oxygens (including phenoxy) is 1. The maximum absolute atomic E-state index is 5.27. The summed E-state index contributed by atoms with van der Waals surface area (Å²) in [5, 5.41) is 0. The van der Waals surface area contributed by atoms with Crippen LogP contribution >= 0.6 is 0 Å². The Morgan fingerprint density at radius 3 is 2.05 bits per heavy atom. The van der Waals surface area contributed by atoms with Gasteiger partial charge in [0.1, 0.15) is 5.75 Å². The number of methoxy groups -OCH3 is 1. The van der Waals surface area contributed by atoms with E-state index in [1.807, 2.05) is 27.7 Å². The third-order valence-electron chi connectivity index (χ3n) is 2.26. The summed E-state index contributed by atoms with van der Waals surface area (Å²) in [4.78, 5) is 0. The van der Waals surface area contributed by atoms with Crippen molar-refractivity contribution in [2.24, 2.45) is 0 Å². The van der Waals surface area contributed by atoms with Gasteiger partial charge in [-0.05, 0) is 43.9 Å². The molecule has 0 aromatic heterocycles. The molecule has 0 heterocycles. The standard InChI is InChI=1S/C12H18O.C4H8.C2H6/c1-4-6-10-7-8-12(13-3)11(5-2)9-10;1-4(2)3;1-2/h7-9H,4-6H2,1-3H3;1H2,2-3H3;1-2H3. The Morgan fingerprint density at radius 1 is 1.16 bits per heavy atom. The summed E-state index contributed by atoms with van der Waals surface area (Å²) in [5.41, 5.74) is 3.90. The minimum atomic E-state index is 1.02. The molecule has 110 valence electrons. The third-order valence-corrected chi connectivity index (χ3v) is 2.26. The molecule has 1 nitrogen and oxygen atoms in total. The van der Waals surface area contributed by atoms with Crippen LogP contribution in [0.15, 0.2) is 30.4 Å². The summed E-state index contributed by atoms with van der Waals surface area (Å²) < 4.78 is 5.27. The van der Waals surface area contributed by atoms with Crippen LogP contribution in [-0.4, -0.2) is 7.11 Å². The second kappa shape index (κ2) is 13.2. The zero-order chi connectivity index (χ0) is 15.3. The van der Waals surface area contributed by atoms with Crippen LogP contribution < -0.4 is 4.74 Å². The lowest BCUT2D eigenvalue weighted by atomic mass is 10.0. The van der Waals surface area contributed by atoms with Gasteiger partial charge in [-0.2, -0.15) is 0 Å². The quantitative estimate of drug-likeness (QED) is 0.623. The number of aryl methyl sites for hydroxylation is 2. The molecule has 19 heavy (non-hydrogen) atoms. The first-order valence-electron chi connectivity index (χ1n) is 7.33. The highest BCUT2D eigenvalue weighted by Crippen LogP contribution is 2.20. The van der Waals surface area contributed by atoms with Crippen molar-refractivity contribution >= 4 is 0 Å². The average molecular weight is 264 g/mol. The van der Waals surface area contributed by atoms with Crippen LogP contribution in [-0.2, 0) is 12.8 Å². The minimum absolute atomic E-state index is 1.02. The van der Waals surface area contributed by atoms with E-state index in [2.05, 4.69) is 38.6 Å². The van der Waals surface area contributed by atoms with Gasteiger partial charge in [0.05, 0.1) is 7.11 Å². The number of rotatable bonds is 4. The molecule has 0 radical (unpaired) electrons. The molecule has 0 bridgehead atoms. The molecule has 0 aliphatic heterocycles. The van der Waals surface area contributed by atoms with Gasteiger partial charge in [-0.25, -0.2) is 0 Å². The van der Waals surface area contributed by atoms with E-state index in [9.17, 15) is 0 Å². The molecule has 0 aliphatic rings. The van der Waals surface area contributed by atoms with Crippen LogP contribution in [0.5, 0.6) is 5.75 Å². The van der Waals surface area contributed by atoms with Crippen LogP contribution in [0.1, 0.15) is 59.1 Å². The maximum Gasteiger partial charge on any atom is 0.122 e. The molecule has 1 heteroatoms. The van der Waals surface area contributed by atoms with Crippen molar-refractivity contribution in [1.29, 1.82) is 0 Å². The molecular weight excluding hydrogens is 232 g/mol. The Morgan fingerprint density at radius 2 is 1.68 bits per heavy atom. The monoisotopic (exact) mass is 264 g/mol. The fraction of sp³-hybridized carbons (Fsp3) is 0.556. The highest BCUT2D eigenvalue weighted by molar-refractivity contribution is 5.37. The first-order valence-corrected chi connectivity index (χ1v) is 7.33. The minimum Gasteiger partial charge on any atom is -0.496 e. The normalized spacial score (nSPS) is 8.58. The van der Waals surface area contributed by atoms with Crippen molar-refractivity contribution < 1.29 is 4.74 Å². The Labute approximate surface area is 120 Å². The highest BCUT2D eigenvalue weighted by atomic mass is 16.5. The van der Waals surface area contributed by atoms with E-state index < -0.39 is 0 Å². The van der Waals surface area contributed by atoms with E-state index >= 15 is 0 Å². The van der Waals surface area contributed by atoms with Gasteiger partial charge >= 0.3 is 0 Å². The van der Waals surface area contributed by atoms with Gasteiger partial charge in [-0.1, -0.05) is 51.8 Å². The molecule has 0 fully saturated rings. The van der Waals surface area contributed by atoms with E-state index in [-0.39, 0.29) is 0 Å². The lowest BCUT2D eigenvalue weighted by Crippen LogP contribution is -1.92. The lowest BCUT2D eigenvalue weighted by molar-refractivity contribution is 0.410. The van der Waals surface area contributed by atoms with Crippen molar-refractivity contribution in [3.63, 3.8) is 0 Å². The second-order valence-corrected chi connectivity index (χ2v) is 4.46. The van der Waals surface area contributed by atoms with Gasteiger partial charge in [-0.3, -0.25) is 0 Å². The summed E-state index contributed by atoms with van der Waals surface area (Å²) >= 11 is 0. The van der Waals surface area contributed by atoms with Crippen molar-refractivity contribution in [3.8, 4) is 5.75 Å². The molecule has 1 aromatic rings. The van der Waals surface area contributed by atoms with Gasteiger partial charge in [0.15, 0.2) is 0 Å². The molecule has 0 aliphatic carbocycles. The SMILES string of the molecule is C=C(C)C.CC.CCCc1ccc(OC)c(CC)c1. The second-order valence-electron chi connectivity index (χ2n) is 4.46. The van der Waals surface area contributed by atoms with E-state index in [0.29, 0.717) is 0 Å². The molecule has 1 rings (SSSR count). The van der Waals surface area contributed by atoms with E-state index in [4.69, 9.17) is 4.74 Å². The van der Waals surface area contributed by atoms with Crippen molar-refractivity contribution in [2.45, 2.75) is 60.8 Å². The topological polar surface area (TPSA) is 9.23 Å². The first-order chi connectivity index (χ1) is 9.04. The van der Waals surface area contributed by atoms with Crippen molar-refractivity contribution in [1.82, 2.24) is 0 Å². The van der Waals surface area contributed by atoms with Crippen LogP contribution in [0.2, 0.25) is 0 Å². The fourth-order valence-corrected chi connectivity index (χ4v) is 1.55. The predicted octanol–water partition coefficient (Wildman–Crippen LogP) is 5.82. The summed E-state index contributed by atoms with van der Waals surface area (Å²) in [6.45, 7) is 15.9. The maximum atomic E-state index is 5.27. The molecule has 1 aromatic carbocycles. The molecule has 0 atom stereocenters. The summed E-state index contributed by atoms with van der Waals surface area (Å²) in [5.74, 6) is 1.02. The largest absolute Gasteiger partial charge is 0.496 e. The van der Waals surface area contributed by atoms with Crippen LogP contribution in [0, 0.1) is 0 Å². The highest BCUT2D eigenvalue weighted by Gasteiger charge is 2.01. The van der Waals surface area contributed by atoms with Crippen LogP contribution in [0.25, 0.3) is 0 Å². The molecule has 0 amide bonds. The Balaban J connectivity index is 0. The Bertz CT molecular complexity index is 336. The van der Waals surface area contributed by atoms with Gasteiger partial charge in [0, 0.05) is 0 Å². The van der Waals surface area contributed by atoms with Crippen LogP contribution in [0.4, 0.5) is 0 Å². The van der Waals surface area contributed by atoms with Crippen molar-refractivity contribution in [3.05, 3.63) is 41.5 Å². The van der Waals surface area contributed by atoms with Gasteiger partial charge in [0.2, 0.25) is 0 Å². The van der Waals surface area contributed by atoms with E-state index in [0.717, 1.165) is 18.6 Å². The number of hydrogen-bond donors (Lipinski definition) is 0. The lowest BCUT2D eigenvalue weighted by Gasteiger charge is -2.08. The summed E-state index contributed by atoms with van der Waals surface area (Å²) in [7, 11) is 1.73. The number of allylic oxidation sites excluding steroid dienone is 1. The predicted molar refractivity (Wildman–Crippen MR) is 88.2 cm³/mol. The van der Waals surface area contributed by atoms with Gasteiger partial charge in [0.25, 0.3) is 0 Å². The molecule has 0 spiro atoms.